The molecular formula is C20H18N2O4. The minimum atomic E-state index is -0.877. The maximum Gasteiger partial charge on any atom is 0.360 e. The lowest BCUT2D eigenvalue weighted by atomic mass is 10.1. The summed E-state index contributed by atoms with van der Waals surface area (Å²) in [7, 11) is 0. The molecule has 0 aliphatic rings. The topological polar surface area (TPSA) is 78.3 Å². The lowest BCUT2D eigenvalue weighted by molar-refractivity contribution is -0.124. The number of fused-ring (bicyclic) bond motifs is 1. The molecule has 0 N–H and O–H groups in total. The Morgan fingerprint density at radius 2 is 1.65 bits per heavy atom. The van der Waals surface area contributed by atoms with Gasteiger partial charge in [-0.3, -0.25) is 9.59 Å². The number of ketones is 1. The van der Waals surface area contributed by atoms with Crippen molar-refractivity contribution in [2.24, 2.45) is 0 Å². The molecule has 0 aliphatic carbocycles. The first-order chi connectivity index (χ1) is 12.5. The van der Waals surface area contributed by atoms with Gasteiger partial charge in [-0.15, -0.1) is 0 Å². The Bertz CT molecular complexity index is 1020. The van der Waals surface area contributed by atoms with Crippen molar-refractivity contribution in [2.75, 3.05) is 0 Å². The van der Waals surface area contributed by atoms with E-state index >= 15 is 0 Å². The highest BCUT2D eigenvalue weighted by Gasteiger charge is 2.21. The van der Waals surface area contributed by atoms with Crippen LogP contribution in [0, 0.1) is 0 Å². The summed E-state index contributed by atoms with van der Waals surface area (Å²) in [5.74, 6) is -0.994. The number of esters is 1. The minimum Gasteiger partial charge on any atom is -0.450 e. The van der Waals surface area contributed by atoms with E-state index in [0.29, 0.717) is 10.8 Å². The fourth-order valence-electron chi connectivity index (χ4n) is 2.55. The molecule has 0 aliphatic heterocycles. The van der Waals surface area contributed by atoms with Crippen LogP contribution < -0.4 is 5.56 Å². The second-order valence-corrected chi connectivity index (χ2v) is 6.00. The first-order valence-corrected chi connectivity index (χ1v) is 8.22. The second kappa shape index (κ2) is 7.31. The summed E-state index contributed by atoms with van der Waals surface area (Å²) >= 11 is 0. The van der Waals surface area contributed by atoms with Crippen molar-refractivity contribution in [1.82, 2.24) is 9.78 Å². The zero-order valence-electron chi connectivity index (χ0n) is 14.5. The van der Waals surface area contributed by atoms with E-state index in [2.05, 4.69) is 5.10 Å². The average Bonchev–Trinajstić information content (AvgIpc) is 2.64. The van der Waals surface area contributed by atoms with E-state index in [9.17, 15) is 14.4 Å². The van der Waals surface area contributed by atoms with Gasteiger partial charge in [-0.05, 0) is 25.5 Å². The van der Waals surface area contributed by atoms with Crippen LogP contribution in [-0.2, 0) is 16.1 Å². The summed E-state index contributed by atoms with van der Waals surface area (Å²) in [5.41, 5.74) is 0.610. The Hall–Kier alpha value is -3.28. The predicted octanol–water partition coefficient (Wildman–Crippen LogP) is 2.58. The molecule has 0 saturated carbocycles. The Labute approximate surface area is 150 Å². The average molecular weight is 350 g/mol. The number of rotatable bonds is 5. The Balaban J connectivity index is 2.10. The highest BCUT2D eigenvalue weighted by molar-refractivity contribution is 6.02. The van der Waals surface area contributed by atoms with E-state index in [1.807, 2.05) is 30.3 Å². The molecule has 26 heavy (non-hydrogen) atoms. The molecule has 1 unspecified atom stereocenters. The summed E-state index contributed by atoms with van der Waals surface area (Å²) < 4.78 is 6.43. The largest absolute Gasteiger partial charge is 0.450 e. The molecule has 1 aromatic heterocycles. The van der Waals surface area contributed by atoms with Crippen molar-refractivity contribution >= 4 is 22.5 Å². The van der Waals surface area contributed by atoms with E-state index in [1.54, 1.807) is 24.3 Å². The number of hydrogen-bond acceptors (Lipinski definition) is 5. The zero-order chi connectivity index (χ0) is 18.7. The Morgan fingerprint density at radius 1 is 1.04 bits per heavy atom. The SMILES string of the molecule is CC(=O)C(C)OC(=O)c1nn(Cc2ccccc2)c(=O)c2ccccc12. The number of ether oxygens (including phenoxy) is 1. The normalized spacial score (nSPS) is 11.9. The van der Waals surface area contributed by atoms with Gasteiger partial charge in [-0.25, -0.2) is 9.48 Å². The monoisotopic (exact) mass is 350 g/mol. The Morgan fingerprint density at radius 3 is 2.31 bits per heavy atom. The summed E-state index contributed by atoms with van der Waals surface area (Å²) in [6.45, 7) is 3.08. The smallest absolute Gasteiger partial charge is 0.360 e. The van der Waals surface area contributed by atoms with Crippen molar-refractivity contribution < 1.29 is 14.3 Å². The number of nitrogens with zero attached hydrogens (tertiary/aromatic N) is 2. The third-order valence-electron chi connectivity index (χ3n) is 4.09. The predicted molar refractivity (Wildman–Crippen MR) is 97.1 cm³/mol. The lowest BCUT2D eigenvalue weighted by Crippen LogP contribution is -2.29. The highest BCUT2D eigenvalue weighted by Crippen LogP contribution is 2.15. The Kier molecular flexibility index (Phi) is 4.93. The number of hydrogen-bond donors (Lipinski definition) is 0. The molecule has 3 rings (SSSR count). The molecule has 6 nitrogen and oxygen atoms in total. The van der Waals surface area contributed by atoms with Crippen LogP contribution in [0.2, 0.25) is 0 Å². The first-order valence-electron chi connectivity index (χ1n) is 8.22. The van der Waals surface area contributed by atoms with Crippen LogP contribution in [0.4, 0.5) is 0 Å². The lowest BCUT2D eigenvalue weighted by Gasteiger charge is -2.13. The van der Waals surface area contributed by atoms with Crippen LogP contribution >= 0.6 is 0 Å². The molecular weight excluding hydrogens is 332 g/mol. The number of carbonyl (C=O) groups is 2. The molecule has 0 fully saturated rings. The third-order valence-corrected chi connectivity index (χ3v) is 4.09. The van der Waals surface area contributed by atoms with Gasteiger partial charge in [0.2, 0.25) is 0 Å². The van der Waals surface area contributed by atoms with Gasteiger partial charge in [-0.1, -0.05) is 48.5 Å². The van der Waals surface area contributed by atoms with Gasteiger partial charge in [0.25, 0.3) is 5.56 Å². The molecule has 0 spiro atoms. The first kappa shape index (κ1) is 17.5. The van der Waals surface area contributed by atoms with Gasteiger partial charge in [0.05, 0.1) is 11.9 Å². The summed E-state index contributed by atoms with van der Waals surface area (Å²) in [6.07, 6.45) is -0.877. The molecule has 2 aromatic carbocycles. The number of aromatic nitrogens is 2. The van der Waals surface area contributed by atoms with Crippen LogP contribution in [0.3, 0.4) is 0 Å². The van der Waals surface area contributed by atoms with Crippen LogP contribution in [0.25, 0.3) is 10.8 Å². The van der Waals surface area contributed by atoms with Crippen LogP contribution in [0.1, 0.15) is 29.9 Å². The van der Waals surface area contributed by atoms with Crippen LogP contribution in [-0.4, -0.2) is 27.6 Å². The van der Waals surface area contributed by atoms with Crippen molar-refractivity contribution in [3.63, 3.8) is 0 Å². The van der Waals surface area contributed by atoms with Gasteiger partial charge in [0.1, 0.15) is 0 Å². The summed E-state index contributed by atoms with van der Waals surface area (Å²) in [5, 5.41) is 5.01. The van der Waals surface area contributed by atoms with Crippen molar-refractivity contribution in [3.05, 3.63) is 76.2 Å². The van der Waals surface area contributed by atoms with E-state index in [-0.39, 0.29) is 23.6 Å². The quantitative estimate of drug-likeness (QED) is 0.661. The van der Waals surface area contributed by atoms with Gasteiger partial charge in [0, 0.05) is 5.39 Å². The molecule has 6 heteroatoms. The molecule has 0 amide bonds. The molecule has 132 valence electrons. The minimum absolute atomic E-state index is 0.0178. The number of carbonyl (C=O) groups excluding carboxylic acids is 2. The molecule has 0 bridgehead atoms. The van der Waals surface area contributed by atoms with E-state index < -0.39 is 12.1 Å². The fraction of sp³-hybridized carbons (Fsp3) is 0.200. The fourth-order valence-corrected chi connectivity index (χ4v) is 2.55. The summed E-state index contributed by atoms with van der Waals surface area (Å²) in [4.78, 5) is 36.7. The second-order valence-electron chi connectivity index (χ2n) is 6.00. The van der Waals surface area contributed by atoms with Crippen LogP contribution in [0.15, 0.2) is 59.4 Å². The summed E-state index contributed by atoms with van der Waals surface area (Å²) in [6, 6.07) is 16.1. The van der Waals surface area contributed by atoms with Gasteiger partial charge in [-0.2, -0.15) is 5.10 Å². The maximum absolute atomic E-state index is 12.7. The molecule has 1 atom stereocenters. The number of Topliss-reactive ketones (excluding diaryl/α,β-unsaturated/α-hetero) is 1. The van der Waals surface area contributed by atoms with Crippen molar-refractivity contribution in [1.29, 1.82) is 0 Å². The number of benzene rings is 2. The molecule has 3 aromatic rings. The van der Waals surface area contributed by atoms with Crippen LogP contribution in [0.5, 0.6) is 0 Å². The van der Waals surface area contributed by atoms with Gasteiger partial charge >= 0.3 is 5.97 Å². The highest BCUT2D eigenvalue weighted by atomic mass is 16.5. The standard InChI is InChI=1S/C20H18N2O4/c1-13(23)14(2)26-20(25)18-16-10-6-7-11-17(16)19(24)22(21-18)12-15-8-4-3-5-9-15/h3-11,14H,12H2,1-2H3. The maximum atomic E-state index is 12.7. The van der Waals surface area contributed by atoms with Gasteiger partial charge < -0.3 is 4.74 Å². The molecule has 0 saturated heterocycles. The molecule has 1 heterocycles. The van der Waals surface area contributed by atoms with E-state index in [4.69, 9.17) is 4.74 Å². The van der Waals surface area contributed by atoms with E-state index in [0.717, 1.165) is 5.56 Å². The van der Waals surface area contributed by atoms with Crippen molar-refractivity contribution in [3.8, 4) is 0 Å². The molecule has 0 radical (unpaired) electrons. The van der Waals surface area contributed by atoms with E-state index in [1.165, 1.54) is 18.5 Å². The third kappa shape index (κ3) is 3.54. The van der Waals surface area contributed by atoms with Crippen molar-refractivity contribution in [2.45, 2.75) is 26.5 Å². The van der Waals surface area contributed by atoms with Gasteiger partial charge in [0.15, 0.2) is 17.6 Å². The zero-order valence-corrected chi connectivity index (χ0v) is 14.5.